The van der Waals surface area contributed by atoms with Crippen molar-refractivity contribution in [2.45, 2.75) is 56.7 Å². The van der Waals surface area contributed by atoms with Crippen LogP contribution in [0.3, 0.4) is 0 Å². The number of carbonyl (C=O) groups excluding carboxylic acids is 1. The molecule has 3 heterocycles. The molecule has 3 fully saturated rings. The average molecular weight is 438 g/mol. The largest absolute Gasteiger partial charge is 0.376 e. The number of hydrogen-bond acceptors (Lipinski definition) is 7. The summed E-state index contributed by atoms with van der Waals surface area (Å²) < 4.78 is 32.7. The second-order valence-corrected chi connectivity index (χ2v) is 10.4. The third kappa shape index (κ3) is 5.47. The highest BCUT2D eigenvalue weighted by Gasteiger charge is 2.41. The van der Waals surface area contributed by atoms with Crippen LogP contribution in [-0.2, 0) is 19.6 Å². The van der Waals surface area contributed by atoms with Gasteiger partial charge in [-0.1, -0.05) is 0 Å². The zero-order valence-corrected chi connectivity index (χ0v) is 18.3. The first-order valence-electron chi connectivity index (χ1n) is 10.8. The van der Waals surface area contributed by atoms with Gasteiger partial charge in [-0.25, -0.2) is 23.1 Å². The Kier molecular flexibility index (Phi) is 6.54. The fraction of sp³-hybridized carbons (Fsp3) is 0.750. The van der Waals surface area contributed by atoms with Crippen LogP contribution < -0.4 is 9.62 Å². The second-order valence-electron chi connectivity index (χ2n) is 8.58. The van der Waals surface area contributed by atoms with Gasteiger partial charge in [0.15, 0.2) is 0 Å². The lowest BCUT2D eigenvalue weighted by Gasteiger charge is -2.42. The van der Waals surface area contributed by atoms with Crippen LogP contribution in [0.25, 0.3) is 0 Å². The number of sulfonamides is 1. The van der Waals surface area contributed by atoms with E-state index in [4.69, 9.17) is 4.74 Å². The fourth-order valence-electron chi connectivity index (χ4n) is 4.43. The van der Waals surface area contributed by atoms with Crippen LogP contribution in [0, 0.1) is 5.92 Å². The summed E-state index contributed by atoms with van der Waals surface area (Å²) in [6, 6.07) is 1.26. The molecule has 1 aliphatic carbocycles. The summed E-state index contributed by atoms with van der Waals surface area (Å²) in [5.74, 6) is 1.00. The maximum absolute atomic E-state index is 12.8. The highest BCUT2D eigenvalue weighted by Crippen LogP contribution is 2.33. The van der Waals surface area contributed by atoms with E-state index < -0.39 is 10.0 Å². The third-order valence-electron chi connectivity index (χ3n) is 6.13. The standard InChI is InChI=1S/C20H31N5O4S/c1-30(27,28)23-17-4-2-11-25(19(26)15-5-6-15)18(17)14-29-16-7-12-24(13-8-16)20-21-9-3-10-22-20/h3,9-10,15-18,23H,2,4-8,11-14H2,1H3/t17-,18-/m0/s1. The number of hydrogen-bond donors (Lipinski definition) is 1. The van der Waals surface area contributed by atoms with E-state index in [1.54, 1.807) is 18.5 Å². The van der Waals surface area contributed by atoms with E-state index in [0.717, 1.165) is 57.6 Å². The van der Waals surface area contributed by atoms with Gasteiger partial charge in [0.05, 0.1) is 25.0 Å². The number of amides is 1. The number of likely N-dealkylation sites (tertiary alicyclic amines) is 1. The molecule has 3 aliphatic rings. The molecule has 0 bridgehead atoms. The van der Waals surface area contributed by atoms with Gasteiger partial charge in [-0.15, -0.1) is 0 Å². The Morgan fingerprint density at radius 3 is 2.47 bits per heavy atom. The summed E-state index contributed by atoms with van der Waals surface area (Å²) in [6.07, 6.45) is 9.86. The van der Waals surface area contributed by atoms with Gasteiger partial charge in [0.25, 0.3) is 0 Å². The van der Waals surface area contributed by atoms with Crippen molar-refractivity contribution in [3.8, 4) is 0 Å². The molecule has 1 amide bonds. The van der Waals surface area contributed by atoms with E-state index >= 15 is 0 Å². The fourth-order valence-corrected chi connectivity index (χ4v) is 5.25. The highest BCUT2D eigenvalue weighted by atomic mass is 32.2. The van der Waals surface area contributed by atoms with E-state index in [-0.39, 0.29) is 30.0 Å². The number of piperidine rings is 2. The molecule has 9 nitrogen and oxygen atoms in total. The van der Waals surface area contributed by atoms with E-state index in [0.29, 0.717) is 13.2 Å². The topological polar surface area (TPSA) is 105 Å². The molecule has 0 spiro atoms. The van der Waals surface area contributed by atoms with Crippen molar-refractivity contribution in [3.63, 3.8) is 0 Å². The van der Waals surface area contributed by atoms with Gasteiger partial charge in [0, 0.05) is 44.0 Å². The van der Waals surface area contributed by atoms with Crippen molar-refractivity contribution in [3.05, 3.63) is 18.5 Å². The predicted molar refractivity (Wildman–Crippen MR) is 112 cm³/mol. The van der Waals surface area contributed by atoms with Gasteiger partial charge in [0.2, 0.25) is 21.9 Å². The van der Waals surface area contributed by atoms with Crippen molar-refractivity contribution in [1.82, 2.24) is 19.6 Å². The molecule has 30 heavy (non-hydrogen) atoms. The maximum Gasteiger partial charge on any atom is 0.226 e. The summed E-state index contributed by atoms with van der Waals surface area (Å²) in [6.45, 7) is 2.66. The average Bonchev–Trinajstić information content (AvgIpc) is 3.57. The van der Waals surface area contributed by atoms with Crippen LogP contribution >= 0.6 is 0 Å². The Hall–Kier alpha value is -1.78. The number of nitrogens with one attached hydrogen (secondary N) is 1. The predicted octanol–water partition coefficient (Wildman–Crippen LogP) is 0.781. The van der Waals surface area contributed by atoms with Crippen molar-refractivity contribution in [1.29, 1.82) is 0 Å². The summed E-state index contributed by atoms with van der Waals surface area (Å²) in [4.78, 5) is 25.4. The Balaban J connectivity index is 1.36. The van der Waals surface area contributed by atoms with Gasteiger partial charge in [-0.3, -0.25) is 4.79 Å². The highest BCUT2D eigenvalue weighted by molar-refractivity contribution is 7.88. The third-order valence-corrected chi connectivity index (χ3v) is 6.86. The summed E-state index contributed by atoms with van der Waals surface area (Å²) in [7, 11) is -3.36. The molecule has 1 saturated carbocycles. The summed E-state index contributed by atoms with van der Waals surface area (Å²) in [5, 5.41) is 0. The molecule has 166 valence electrons. The van der Waals surface area contributed by atoms with Gasteiger partial charge in [-0.2, -0.15) is 0 Å². The molecule has 0 aromatic carbocycles. The van der Waals surface area contributed by atoms with E-state index in [1.807, 2.05) is 4.90 Å². The Bertz CT molecular complexity index is 825. The number of aromatic nitrogens is 2. The van der Waals surface area contributed by atoms with Crippen molar-refractivity contribution in [2.24, 2.45) is 5.92 Å². The number of carbonyl (C=O) groups is 1. The molecule has 1 aromatic rings. The first kappa shape index (κ1) is 21.5. The lowest BCUT2D eigenvalue weighted by atomic mass is 9.96. The zero-order chi connectivity index (χ0) is 21.1. The number of anilines is 1. The minimum Gasteiger partial charge on any atom is -0.376 e. The van der Waals surface area contributed by atoms with Crippen LogP contribution in [-0.4, -0.2) is 79.9 Å². The van der Waals surface area contributed by atoms with E-state index in [1.165, 1.54) is 6.26 Å². The monoisotopic (exact) mass is 437 g/mol. The van der Waals surface area contributed by atoms with E-state index in [9.17, 15) is 13.2 Å². The molecular weight excluding hydrogens is 406 g/mol. The number of nitrogens with zero attached hydrogens (tertiary/aromatic N) is 4. The Morgan fingerprint density at radius 2 is 1.83 bits per heavy atom. The molecule has 2 saturated heterocycles. The van der Waals surface area contributed by atoms with Gasteiger partial charge in [-0.05, 0) is 44.6 Å². The molecular formula is C20H31N5O4S. The Labute approximate surface area is 178 Å². The quantitative estimate of drug-likeness (QED) is 0.672. The molecule has 1 aromatic heterocycles. The van der Waals surface area contributed by atoms with Crippen molar-refractivity contribution in [2.75, 3.05) is 37.4 Å². The zero-order valence-electron chi connectivity index (χ0n) is 17.4. The van der Waals surface area contributed by atoms with Crippen molar-refractivity contribution >= 4 is 21.9 Å². The summed E-state index contributed by atoms with van der Waals surface area (Å²) in [5.41, 5.74) is 0. The van der Waals surface area contributed by atoms with Gasteiger partial charge in [0.1, 0.15) is 0 Å². The minimum absolute atomic E-state index is 0.0867. The molecule has 2 aliphatic heterocycles. The smallest absolute Gasteiger partial charge is 0.226 e. The minimum atomic E-state index is -3.36. The van der Waals surface area contributed by atoms with Gasteiger partial charge >= 0.3 is 0 Å². The SMILES string of the molecule is CS(=O)(=O)N[C@H]1CCCN(C(=O)C2CC2)[C@H]1COC1CCN(c2ncccn2)CC1. The molecule has 10 heteroatoms. The van der Waals surface area contributed by atoms with Crippen molar-refractivity contribution < 1.29 is 17.9 Å². The van der Waals surface area contributed by atoms with Crippen LogP contribution in [0.2, 0.25) is 0 Å². The van der Waals surface area contributed by atoms with Crippen LogP contribution in [0.5, 0.6) is 0 Å². The number of rotatable bonds is 7. The lowest BCUT2D eigenvalue weighted by Crippen LogP contribution is -2.59. The molecule has 4 rings (SSSR count). The maximum atomic E-state index is 12.8. The number of ether oxygens (including phenoxy) is 1. The van der Waals surface area contributed by atoms with Crippen LogP contribution in [0.1, 0.15) is 38.5 Å². The normalized spacial score (nSPS) is 26.0. The first-order valence-corrected chi connectivity index (χ1v) is 12.7. The van der Waals surface area contributed by atoms with Crippen LogP contribution in [0.4, 0.5) is 5.95 Å². The lowest BCUT2D eigenvalue weighted by molar-refractivity contribution is -0.139. The molecule has 1 N–H and O–H groups in total. The molecule has 0 unspecified atom stereocenters. The second kappa shape index (κ2) is 9.15. The summed E-state index contributed by atoms with van der Waals surface area (Å²) >= 11 is 0. The first-order chi connectivity index (χ1) is 14.4. The van der Waals surface area contributed by atoms with Crippen LogP contribution in [0.15, 0.2) is 18.5 Å². The molecule has 2 atom stereocenters. The Morgan fingerprint density at radius 1 is 1.13 bits per heavy atom. The van der Waals surface area contributed by atoms with Gasteiger partial charge < -0.3 is 14.5 Å². The van der Waals surface area contributed by atoms with E-state index in [2.05, 4.69) is 19.6 Å². The molecule has 0 radical (unpaired) electrons.